The van der Waals surface area contributed by atoms with Crippen LogP contribution in [0.5, 0.6) is 0 Å². The Balaban J connectivity index is 2.79. The van der Waals surface area contributed by atoms with Gasteiger partial charge in [0.25, 0.3) is 0 Å². The number of imidazole rings is 1. The molecule has 4 heteroatoms. The van der Waals surface area contributed by atoms with Crippen LogP contribution in [-0.4, -0.2) is 15.6 Å². The van der Waals surface area contributed by atoms with Crippen molar-refractivity contribution in [3.8, 4) is 0 Å². The van der Waals surface area contributed by atoms with E-state index in [1.807, 2.05) is 12.1 Å². The van der Waals surface area contributed by atoms with Crippen LogP contribution in [0.4, 0.5) is 4.79 Å². The zero-order chi connectivity index (χ0) is 8.55. The molecule has 0 aliphatic heterocycles. The Kier molecular flexibility index (Phi) is 1.33. The molecule has 0 atom stereocenters. The summed E-state index contributed by atoms with van der Waals surface area (Å²) in [6, 6.07) is 6.45. The maximum absolute atomic E-state index is 10.7. The van der Waals surface area contributed by atoms with Gasteiger partial charge < -0.3 is 0 Å². The Morgan fingerprint density at radius 2 is 2.17 bits per heavy atom. The summed E-state index contributed by atoms with van der Waals surface area (Å²) >= 11 is 0. The topological polar surface area (TPSA) is 58.7 Å². The number of para-hydroxylation sites is 2. The number of hydrogen-bond donors (Lipinski definition) is 0. The van der Waals surface area contributed by atoms with Crippen LogP contribution in [0.2, 0.25) is 0 Å². The summed E-state index contributed by atoms with van der Waals surface area (Å²) in [5.41, 5.74) is 8.31. The minimum atomic E-state index is -0.760. The summed E-state index contributed by atoms with van der Waals surface area (Å²) in [5.74, 6) is 0. The Hall–Kier alpha value is -1.84. The lowest BCUT2D eigenvalue weighted by Gasteiger charge is -1.93. The number of amides is 1. The summed E-state index contributed by atoms with van der Waals surface area (Å²) in [6.07, 6.45) is 1.36. The van der Waals surface area contributed by atoms with Crippen molar-refractivity contribution in [2.75, 3.05) is 0 Å². The second kappa shape index (κ2) is 2.34. The van der Waals surface area contributed by atoms with Crippen molar-refractivity contribution in [2.24, 2.45) is 0 Å². The van der Waals surface area contributed by atoms with Gasteiger partial charge in [-0.25, -0.2) is 20.1 Å². The lowest BCUT2D eigenvalue weighted by molar-refractivity contribution is 0.250. The first-order valence-electron chi connectivity index (χ1n) is 3.47. The van der Waals surface area contributed by atoms with Crippen LogP contribution in [0.15, 0.2) is 30.6 Å². The Bertz CT molecular complexity index is 433. The molecule has 0 saturated heterocycles. The van der Waals surface area contributed by atoms with Crippen molar-refractivity contribution < 1.29 is 4.79 Å². The third kappa shape index (κ3) is 0.852. The Morgan fingerprint density at radius 3 is 2.92 bits per heavy atom. The second-order valence-corrected chi connectivity index (χ2v) is 2.41. The van der Waals surface area contributed by atoms with Gasteiger partial charge in [-0.2, -0.15) is 0 Å². The van der Waals surface area contributed by atoms with E-state index in [2.05, 4.69) is 4.98 Å². The molecule has 59 valence electrons. The highest BCUT2D eigenvalue weighted by atomic mass is 16.2. The van der Waals surface area contributed by atoms with Gasteiger partial charge in [0, 0.05) is 0 Å². The summed E-state index contributed by atoms with van der Waals surface area (Å²) < 4.78 is 1.20. The van der Waals surface area contributed by atoms with E-state index in [1.165, 1.54) is 10.9 Å². The van der Waals surface area contributed by atoms with Crippen LogP contribution < -0.4 is 5.73 Å². The van der Waals surface area contributed by atoms with E-state index in [9.17, 15) is 4.79 Å². The average molecular weight is 160 g/mol. The molecule has 1 aromatic carbocycles. The van der Waals surface area contributed by atoms with Crippen LogP contribution in [-0.2, 0) is 0 Å². The van der Waals surface area contributed by atoms with Gasteiger partial charge in [-0.3, -0.25) is 0 Å². The minimum Gasteiger partial charge on any atom is -0.249 e. The molecule has 2 aromatic rings. The third-order valence-electron chi connectivity index (χ3n) is 1.67. The summed E-state index contributed by atoms with van der Waals surface area (Å²) in [5, 5.41) is 0. The summed E-state index contributed by atoms with van der Waals surface area (Å²) in [7, 11) is 0. The molecule has 0 unspecified atom stereocenters. The molecule has 0 saturated carbocycles. The highest BCUT2D eigenvalue weighted by molar-refractivity contribution is 5.87. The van der Waals surface area contributed by atoms with E-state index >= 15 is 0 Å². The van der Waals surface area contributed by atoms with E-state index in [0.717, 1.165) is 5.52 Å². The first-order valence-corrected chi connectivity index (χ1v) is 3.47. The quantitative estimate of drug-likeness (QED) is 0.583. The maximum Gasteiger partial charge on any atom is 0.346 e. The third-order valence-corrected chi connectivity index (χ3v) is 1.67. The van der Waals surface area contributed by atoms with E-state index in [-0.39, 0.29) is 0 Å². The predicted octanol–water partition coefficient (Wildman–Crippen LogP) is 1.29. The van der Waals surface area contributed by atoms with Gasteiger partial charge in [0.05, 0.1) is 11.0 Å². The monoisotopic (exact) mass is 160 g/mol. The normalized spacial score (nSPS) is 10.3. The summed E-state index contributed by atoms with van der Waals surface area (Å²) in [4.78, 5) is 14.7. The molecule has 0 aliphatic rings. The number of benzene rings is 1. The van der Waals surface area contributed by atoms with Crippen molar-refractivity contribution in [3.05, 3.63) is 30.6 Å². The molecular weight excluding hydrogens is 154 g/mol. The molecule has 0 spiro atoms. The average Bonchev–Trinajstić information content (AvgIpc) is 2.47. The zero-order valence-corrected chi connectivity index (χ0v) is 6.19. The fourth-order valence-electron chi connectivity index (χ4n) is 1.12. The van der Waals surface area contributed by atoms with E-state index < -0.39 is 6.03 Å². The number of rotatable bonds is 0. The highest BCUT2D eigenvalue weighted by Crippen LogP contribution is 2.10. The number of carbonyl (C=O) groups excluding carboxylic acids is 1. The molecule has 1 N–H and O–H groups in total. The van der Waals surface area contributed by atoms with Gasteiger partial charge in [-0.05, 0) is 12.1 Å². The number of nitrogens with one attached hydrogen (secondary N) is 1. The molecule has 0 fully saturated rings. The molecule has 1 aromatic heterocycles. The van der Waals surface area contributed by atoms with Crippen molar-refractivity contribution in [2.45, 2.75) is 0 Å². The number of nitrogens with zero attached hydrogens (tertiary/aromatic N) is 2. The van der Waals surface area contributed by atoms with Gasteiger partial charge in [0.15, 0.2) is 0 Å². The number of hydrogen-bond acceptors (Lipinski definition) is 2. The fourth-order valence-corrected chi connectivity index (χ4v) is 1.12. The number of carbonyl (C=O) groups is 1. The van der Waals surface area contributed by atoms with Gasteiger partial charge in [-0.1, -0.05) is 12.1 Å². The molecule has 1 amide bonds. The van der Waals surface area contributed by atoms with Crippen LogP contribution in [0.3, 0.4) is 0 Å². The van der Waals surface area contributed by atoms with Gasteiger partial charge >= 0.3 is 6.03 Å². The molecule has 2 rings (SSSR count). The first-order chi connectivity index (χ1) is 5.79. The first kappa shape index (κ1) is 6.84. The van der Waals surface area contributed by atoms with Gasteiger partial charge in [0.2, 0.25) is 0 Å². The van der Waals surface area contributed by atoms with Gasteiger partial charge in [-0.15, -0.1) is 0 Å². The van der Waals surface area contributed by atoms with Crippen molar-refractivity contribution in [1.82, 2.24) is 15.3 Å². The predicted molar refractivity (Wildman–Crippen MR) is 43.6 cm³/mol. The van der Waals surface area contributed by atoms with Crippen molar-refractivity contribution in [3.63, 3.8) is 0 Å². The summed E-state index contributed by atoms with van der Waals surface area (Å²) in [6.45, 7) is 0. The van der Waals surface area contributed by atoms with E-state index in [4.69, 9.17) is 5.73 Å². The fraction of sp³-hybridized carbons (Fsp3) is 0. The lowest BCUT2D eigenvalue weighted by Crippen LogP contribution is -2.07. The maximum atomic E-state index is 10.7. The molecule has 4 nitrogen and oxygen atoms in total. The van der Waals surface area contributed by atoms with Crippen molar-refractivity contribution in [1.29, 1.82) is 0 Å². The molecular formula is C8H6N3O. The smallest absolute Gasteiger partial charge is 0.249 e. The SMILES string of the molecule is [NH]C(=O)n1cnc2ccccc21. The molecule has 0 bridgehead atoms. The number of aromatic nitrogens is 2. The molecule has 12 heavy (non-hydrogen) atoms. The second-order valence-electron chi connectivity index (χ2n) is 2.41. The van der Waals surface area contributed by atoms with Crippen molar-refractivity contribution >= 4 is 17.1 Å². The standard InChI is InChI=1S/C8H6N3O/c9-8(12)11-5-10-6-3-1-2-4-7(6)11/h1-5,9H. The number of fused-ring (bicyclic) bond motifs is 1. The largest absolute Gasteiger partial charge is 0.346 e. The molecule has 0 aliphatic carbocycles. The molecule has 1 radical (unpaired) electrons. The zero-order valence-electron chi connectivity index (χ0n) is 6.19. The highest BCUT2D eigenvalue weighted by Gasteiger charge is 2.04. The lowest BCUT2D eigenvalue weighted by atomic mass is 10.3. The van der Waals surface area contributed by atoms with Crippen LogP contribution in [0.25, 0.3) is 11.0 Å². The van der Waals surface area contributed by atoms with Crippen LogP contribution in [0.1, 0.15) is 0 Å². The Labute approximate surface area is 68.6 Å². The van der Waals surface area contributed by atoms with Crippen LogP contribution >= 0.6 is 0 Å². The van der Waals surface area contributed by atoms with E-state index in [1.54, 1.807) is 12.1 Å². The van der Waals surface area contributed by atoms with Gasteiger partial charge in [0.1, 0.15) is 6.33 Å². The minimum absolute atomic E-state index is 0.678. The van der Waals surface area contributed by atoms with E-state index in [0.29, 0.717) is 5.52 Å². The van der Waals surface area contributed by atoms with Crippen LogP contribution in [0, 0.1) is 0 Å². The Morgan fingerprint density at radius 1 is 1.42 bits per heavy atom. The molecule has 1 heterocycles.